The Balaban J connectivity index is 1.84. The predicted octanol–water partition coefficient (Wildman–Crippen LogP) is 4.24. The van der Waals surface area contributed by atoms with Crippen LogP contribution in [-0.2, 0) is 5.41 Å². The van der Waals surface area contributed by atoms with Crippen LogP contribution in [0.1, 0.15) is 26.3 Å². The maximum Gasteiger partial charge on any atom is 0.182 e. The van der Waals surface area contributed by atoms with Crippen LogP contribution >= 0.6 is 0 Å². The van der Waals surface area contributed by atoms with Crippen molar-refractivity contribution in [1.82, 2.24) is 19.6 Å². The smallest absolute Gasteiger partial charge is 0.182 e. The Morgan fingerprint density at radius 1 is 0.913 bits per heavy atom. The lowest BCUT2D eigenvalue weighted by Crippen LogP contribution is -2.10. The van der Waals surface area contributed by atoms with E-state index in [0.29, 0.717) is 0 Å². The summed E-state index contributed by atoms with van der Waals surface area (Å²) in [6.45, 7) is 6.63. The van der Waals surface area contributed by atoms with Crippen LogP contribution in [0.3, 0.4) is 0 Å². The fourth-order valence-electron chi connectivity index (χ4n) is 2.72. The van der Waals surface area contributed by atoms with Crippen molar-refractivity contribution in [2.75, 3.05) is 0 Å². The van der Waals surface area contributed by atoms with Gasteiger partial charge in [-0.15, -0.1) is 5.10 Å². The Bertz CT molecular complexity index is 991. The van der Waals surface area contributed by atoms with Gasteiger partial charge in [0, 0.05) is 10.9 Å². The van der Waals surface area contributed by atoms with Crippen LogP contribution in [0.4, 0.5) is 0 Å². The number of benzene rings is 2. The Kier molecular flexibility index (Phi) is 2.94. The maximum absolute atomic E-state index is 4.71. The number of hydrogen-bond donors (Lipinski definition) is 0. The molecule has 0 atom stereocenters. The molecular weight excluding hydrogens is 284 g/mol. The van der Waals surface area contributed by atoms with Crippen LogP contribution < -0.4 is 0 Å². The second-order valence-corrected chi connectivity index (χ2v) is 6.79. The molecule has 0 aliphatic rings. The van der Waals surface area contributed by atoms with Crippen molar-refractivity contribution in [3.05, 3.63) is 60.4 Å². The van der Waals surface area contributed by atoms with Gasteiger partial charge in [0.2, 0.25) is 0 Å². The second kappa shape index (κ2) is 4.88. The maximum atomic E-state index is 4.71. The molecule has 0 bridgehead atoms. The van der Waals surface area contributed by atoms with Gasteiger partial charge in [0.25, 0.3) is 0 Å². The molecule has 114 valence electrons. The molecule has 0 aliphatic heterocycles. The van der Waals surface area contributed by atoms with Gasteiger partial charge >= 0.3 is 0 Å². The van der Waals surface area contributed by atoms with Gasteiger partial charge in [-0.05, 0) is 23.1 Å². The Morgan fingerprint density at radius 2 is 1.65 bits per heavy atom. The highest BCUT2D eigenvalue weighted by Crippen LogP contribution is 2.26. The van der Waals surface area contributed by atoms with E-state index in [1.54, 1.807) is 10.8 Å². The van der Waals surface area contributed by atoms with Gasteiger partial charge in [0.1, 0.15) is 6.33 Å². The number of para-hydroxylation sites is 1. The predicted molar refractivity (Wildman–Crippen MR) is 92.4 cm³/mol. The first kappa shape index (κ1) is 13.9. The summed E-state index contributed by atoms with van der Waals surface area (Å²) < 4.78 is 1.75. The molecule has 0 fully saturated rings. The van der Waals surface area contributed by atoms with E-state index in [9.17, 15) is 0 Å². The molecule has 4 heteroatoms. The highest BCUT2D eigenvalue weighted by Gasteiger charge is 2.14. The average molecular weight is 302 g/mol. The molecule has 0 radical (unpaired) electrons. The van der Waals surface area contributed by atoms with Gasteiger partial charge in [0.15, 0.2) is 11.5 Å². The van der Waals surface area contributed by atoms with Gasteiger partial charge in [-0.2, -0.15) is 0 Å². The summed E-state index contributed by atoms with van der Waals surface area (Å²) in [5.74, 6) is 0.726. The molecule has 0 unspecified atom stereocenters. The third-order valence-corrected chi connectivity index (χ3v) is 4.09. The standard InChI is InChI=1S/C19H18N4/c1-19(2,3)14-10-8-13(9-11-14)17-21-18-15-6-4-5-7-16(15)20-12-23(18)22-17/h4-12H,1-3H3. The molecule has 4 rings (SSSR count). The van der Waals surface area contributed by atoms with Crippen LogP contribution in [0.25, 0.3) is 27.9 Å². The highest BCUT2D eigenvalue weighted by atomic mass is 15.3. The molecule has 2 aromatic heterocycles. The zero-order chi connectivity index (χ0) is 16.0. The lowest BCUT2D eigenvalue weighted by Gasteiger charge is -2.18. The van der Waals surface area contributed by atoms with E-state index < -0.39 is 0 Å². The van der Waals surface area contributed by atoms with Crippen LogP contribution in [0.15, 0.2) is 54.9 Å². The minimum Gasteiger partial charge on any atom is -0.236 e. The van der Waals surface area contributed by atoms with E-state index in [-0.39, 0.29) is 5.41 Å². The number of fused-ring (bicyclic) bond motifs is 3. The third-order valence-electron chi connectivity index (χ3n) is 4.09. The highest BCUT2D eigenvalue weighted by molar-refractivity contribution is 5.91. The molecule has 0 spiro atoms. The molecule has 0 aliphatic carbocycles. The minimum absolute atomic E-state index is 0.144. The van der Waals surface area contributed by atoms with Crippen molar-refractivity contribution >= 4 is 16.6 Å². The van der Waals surface area contributed by atoms with Crippen LogP contribution in [0, 0.1) is 0 Å². The van der Waals surface area contributed by atoms with Crippen molar-refractivity contribution in [3.63, 3.8) is 0 Å². The fourth-order valence-corrected chi connectivity index (χ4v) is 2.72. The summed E-state index contributed by atoms with van der Waals surface area (Å²) in [5, 5.41) is 5.58. The van der Waals surface area contributed by atoms with Crippen molar-refractivity contribution < 1.29 is 0 Å². The largest absolute Gasteiger partial charge is 0.236 e. The van der Waals surface area contributed by atoms with Crippen molar-refractivity contribution in [1.29, 1.82) is 0 Å². The molecule has 4 aromatic rings. The lowest BCUT2D eigenvalue weighted by molar-refractivity contribution is 0.590. The Hall–Kier alpha value is -2.75. The quantitative estimate of drug-likeness (QED) is 0.528. The van der Waals surface area contributed by atoms with E-state index in [2.05, 4.69) is 55.1 Å². The van der Waals surface area contributed by atoms with E-state index in [1.165, 1.54) is 5.56 Å². The number of rotatable bonds is 1. The molecule has 0 saturated heterocycles. The van der Waals surface area contributed by atoms with Gasteiger partial charge in [-0.1, -0.05) is 57.2 Å². The topological polar surface area (TPSA) is 43.1 Å². The Labute approximate surface area is 134 Å². The summed E-state index contributed by atoms with van der Waals surface area (Å²) in [7, 11) is 0. The molecule has 23 heavy (non-hydrogen) atoms. The number of aromatic nitrogens is 4. The second-order valence-electron chi connectivity index (χ2n) is 6.79. The lowest BCUT2D eigenvalue weighted by atomic mass is 9.87. The van der Waals surface area contributed by atoms with E-state index in [4.69, 9.17) is 4.98 Å². The van der Waals surface area contributed by atoms with E-state index >= 15 is 0 Å². The first-order valence-electron chi connectivity index (χ1n) is 7.73. The number of hydrogen-bond acceptors (Lipinski definition) is 3. The zero-order valence-corrected chi connectivity index (χ0v) is 13.5. The molecule has 2 aromatic carbocycles. The molecular formula is C19H18N4. The van der Waals surface area contributed by atoms with Crippen molar-refractivity contribution in [2.24, 2.45) is 0 Å². The van der Waals surface area contributed by atoms with Crippen LogP contribution in [0.5, 0.6) is 0 Å². The monoisotopic (exact) mass is 302 g/mol. The van der Waals surface area contributed by atoms with Crippen molar-refractivity contribution in [3.8, 4) is 11.4 Å². The molecule has 0 saturated carbocycles. The summed E-state index contributed by atoms with van der Waals surface area (Å²) in [5.41, 5.74) is 4.24. The number of nitrogens with zero attached hydrogens (tertiary/aromatic N) is 4. The van der Waals surface area contributed by atoms with Gasteiger partial charge in [0.05, 0.1) is 5.52 Å². The molecule has 0 amide bonds. The SMILES string of the molecule is CC(C)(C)c1ccc(-c2nc3c4ccccc4ncn3n2)cc1. The normalized spacial score (nSPS) is 12.1. The fraction of sp³-hybridized carbons (Fsp3) is 0.211. The van der Waals surface area contributed by atoms with Crippen molar-refractivity contribution in [2.45, 2.75) is 26.2 Å². The zero-order valence-electron chi connectivity index (χ0n) is 13.5. The third kappa shape index (κ3) is 2.36. The van der Waals surface area contributed by atoms with Gasteiger partial charge in [-0.3, -0.25) is 0 Å². The van der Waals surface area contributed by atoms with Gasteiger partial charge in [-0.25, -0.2) is 14.5 Å². The average Bonchev–Trinajstić information content (AvgIpc) is 2.99. The minimum atomic E-state index is 0.144. The van der Waals surface area contributed by atoms with Crippen LogP contribution in [0.2, 0.25) is 0 Å². The molecule has 4 nitrogen and oxygen atoms in total. The summed E-state index contributed by atoms with van der Waals surface area (Å²) >= 11 is 0. The molecule has 0 N–H and O–H groups in total. The first-order chi connectivity index (χ1) is 11.0. The van der Waals surface area contributed by atoms with Crippen LogP contribution in [-0.4, -0.2) is 19.6 Å². The Morgan fingerprint density at radius 3 is 2.39 bits per heavy atom. The summed E-state index contributed by atoms with van der Waals surface area (Å²) in [4.78, 5) is 9.14. The van der Waals surface area contributed by atoms with E-state index in [0.717, 1.165) is 27.9 Å². The van der Waals surface area contributed by atoms with E-state index in [1.807, 2.05) is 24.3 Å². The first-order valence-corrected chi connectivity index (χ1v) is 7.73. The van der Waals surface area contributed by atoms with Gasteiger partial charge < -0.3 is 0 Å². The summed E-state index contributed by atoms with van der Waals surface area (Å²) in [6, 6.07) is 16.5. The molecule has 2 heterocycles. The summed E-state index contributed by atoms with van der Waals surface area (Å²) in [6.07, 6.45) is 1.72.